The van der Waals surface area contributed by atoms with E-state index in [0.717, 1.165) is 49.7 Å². The van der Waals surface area contributed by atoms with Gasteiger partial charge in [0.25, 0.3) is 5.91 Å². The van der Waals surface area contributed by atoms with Crippen LogP contribution in [-0.4, -0.2) is 18.4 Å². The van der Waals surface area contributed by atoms with Crippen molar-refractivity contribution in [2.45, 2.75) is 45.4 Å². The number of carbonyl (C=O) groups is 2. The summed E-state index contributed by atoms with van der Waals surface area (Å²) in [4.78, 5) is 26.4. The number of thiophene rings is 1. The Hall–Kier alpha value is -2.47. The number of nitrogens with one attached hydrogen (secondary N) is 2. The highest BCUT2D eigenvalue weighted by Crippen LogP contribution is 2.38. The highest BCUT2D eigenvalue weighted by Gasteiger charge is 2.25. The summed E-state index contributed by atoms with van der Waals surface area (Å²) in [5.74, 6) is -0.722. The van der Waals surface area contributed by atoms with Crippen molar-refractivity contribution in [3.8, 4) is 0 Å². The first-order valence-electron chi connectivity index (χ1n) is 9.76. The number of amides is 2. The van der Waals surface area contributed by atoms with Crippen molar-refractivity contribution in [2.75, 3.05) is 11.9 Å². The molecule has 0 saturated carbocycles. The Balaban J connectivity index is 1.76. The lowest BCUT2D eigenvalue weighted by atomic mass is 9.95. The quantitative estimate of drug-likeness (QED) is 0.510. The molecule has 1 heterocycles. The number of unbranched alkanes of at least 4 members (excludes halogenated alkanes) is 1. The van der Waals surface area contributed by atoms with Gasteiger partial charge in [-0.2, -0.15) is 0 Å². The SMILES string of the molecule is CCCCNC(=O)c1c(NC(=O)/C=C/c2ccc(F)cc2)sc2c1CCCC2. The number of anilines is 1. The second kappa shape index (κ2) is 9.64. The van der Waals surface area contributed by atoms with Gasteiger partial charge in [-0.05, 0) is 61.4 Å². The standard InChI is InChI=1S/C22H25FN2O2S/c1-2-3-14-24-21(27)20-17-6-4-5-7-18(17)28-22(20)25-19(26)13-10-15-8-11-16(23)12-9-15/h8-13H,2-7,14H2,1H3,(H,24,27)(H,25,26)/b13-10+. The second-order valence-corrected chi connectivity index (χ2v) is 8.00. The predicted molar refractivity (Wildman–Crippen MR) is 112 cm³/mol. The molecule has 4 nitrogen and oxygen atoms in total. The smallest absolute Gasteiger partial charge is 0.254 e. The molecule has 148 valence electrons. The molecule has 0 aliphatic heterocycles. The number of hydrogen-bond acceptors (Lipinski definition) is 3. The van der Waals surface area contributed by atoms with Gasteiger partial charge in [0.2, 0.25) is 5.91 Å². The molecule has 28 heavy (non-hydrogen) atoms. The lowest BCUT2D eigenvalue weighted by molar-refractivity contribution is -0.111. The zero-order valence-electron chi connectivity index (χ0n) is 16.0. The molecule has 0 radical (unpaired) electrons. The van der Waals surface area contributed by atoms with Crippen LogP contribution in [0.3, 0.4) is 0 Å². The average Bonchev–Trinajstić information content (AvgIpc) is 3.05. The third-order valence-corrected chi connectivity index (χ3v) is 5.96. The van der Waals surface area contributed by atoms with Gasteiger partial charge in [0.15, 0.2) is 0 Å². The molecule has 1 aromatic heterocycles. The number of carbonyl (C=O) groups excluding carboxylic acids is 2. The Morgan fingerprint density at radius 1 is 1.18 bits per heavy atom. The molecule has 2 aromatic rings. The second-order valence-electron chi connectivity index (χ2n) is 6.90. The van der Waals surface area contributed by atoms with Gasteiger partial charge in [-0.15, -0.1) is 11.3 Å². The molecular weight excluding hydrogens is 375 g/mol. The van der Waals surface area contributed by atoms with Crippen molar-refractivity contribution >= 4 is 34.2 Å². The summed E-state index contributed by atoms with van der Waals surface area (Å²) in [7, 11) is 0. The molecule has 1 aliphatic rings. The number of aryl methyl sites for hydroxylation is 1. The van der Waals surface area contributed by atoms with E-state index < -0.39 is 0 Å². The largest absolute Gasteiger partial charge is 0.352 e. The van der Waals surface area contributed by atoms with Crippen LogP contribution in [0.4, 0.5) is 9.39 Å². The van der Waals surface area contributed by atoms with Gasteiger partial charge in [0, 0.05) is 17.5 Å². The van der Waals surface area contributed by atoms with Gasteiger partial charge in [-0.3, -0.25) is 9.59 Å². The summed E-state index contributed by atoms with van der Waals surface area (Å²) in [5, 5.41) is 6.47. The Labute approximate surface area is 168 Å². The van der Waals surface area contributed by atoms with Gasteiger partial charge >= 0.3 is 0 Å². The van der Waals surface area contributed by atoms with Gasteiger partial charge in [0.05, 0.1) is 5.56 Å². The first kappa shape index (κ1) is 20.3. The lowest BCUT2D eigenvalue weighted by Gasteiger charge is -2.13. The Bertz CT molecular complexity index is 871. The molecule has 3 rings (SSSR count). The minimum Gasteiger partial charge on any atom is -0.352 e. The first-order valence-corrected chi connectivity index (χ1v) is 10.6. The summed E-state index contributed by atoms with van der Waals surface area (Å²) < 4.78 is 13.0. The van der Waals surface area contributed by atoms with Crippen molar-refractivity contribution in [1.82, 2.24) is 5.32 Å². The minimum atomic E-state index is -0.315. The zero-order chi connectivity index (χ0) is 19.9. The molecule has 0 saturated heterocycles. The number of hydrogen-bond donors (Lipinski definition) is 2. The van der Waals surface area contributed by atoms with Crippen molar-refractivity contribution < 1.29 is 14.0 Å². The third-order valence-electron chi connectivity index (χ3n) is 4.75. The normalized spacial score (nSPS) is 13.4. The summed E-state index contributed by atoms with van der Waals surface area (Å²) in [6.07, 6.45) is 8.99. The summed E-state index contributed by atoms with van der Waals surface area (Å²) in [6.45, 7) is 2.72. The van der Waals surface area contributed by atoms with E-state index >= 15 is 0 Å². The number of fused-ring (bicyclic) bond motifs is 1. The van der Waals surface area contributed by atoms with Crippen molar-refractivity contribution in [3.63, 3.8) is 0 Å². The maximum Gasteiger partial charge on any atom is 0.254 e. The average molecular weight is 401 g/mol. The molecule has 0 unspecified atom stereocenters. The van der Waals surface area contributed by atoms with Crippen LogP contribution in [0.1, 0.15) is 59.0 Å². The van der Waals surface area contributed by atoms with E-state index in [1.54, 1.807) is 18.2 Å². The van der Waals surface area contributed by atoms with Gasteiger partial charge in [-0.25, -0.2) is 4.39 Å². The molecule has 2 amide bonds. The number of halogens is 1. The molecule has 1 aliphatic carbocycles. The third kappa shape index (κ3) is 5.07. The Kier molecular flexibility index (Phi) is 6.98. The minimum absolute atomic E-state index is 0.106. The Morgan fingerprint density at radius 3 is 2.68 bits per heavy atom. The summed E-state index contributed by atoms with van der Waals surface area (Å²) >= 11 is 1.51. The monoisotopic (exact) mass is 400 g/mol. The van der Waals surface area contributed by atoms with Crippen LogP contribution < -0.4 is 10.6 Å². The summed E-state index contributed by atoms with van der Waals surface area (Å²) in [5.41, 5.74) is 2.45. The highest BCUT2D eigenvalue weighted by atomic mass is 32.1. The van der Waals surface area contributed by atoms with Crippen LogP contribution in [0.15, 0.2) is 30.3 Å². The van der Waals surface area contributed by atoms with E-state index in [0.29, 0.717) is 17.1 Å². The van der Waals surface area contributed by atoms with Crippen LogP contribution in [0.25, 0.3) is 6.08 Å². The van der Waals surface area contributed by atoms with Crippen molar-refractivity contribution in [1.29, 1.82) is 0 Å². The van der Waals surface area contributed by atoms with Crippen LogP contribution >= 0.6 is 11.3 Å². The maximum atomic E-state index is 13.0. The Morgan fingerprint density at radius 2 is 1.93 bits per heavy atom. The lowest BCUT2D eigenvalue weighted by Crippen LogP contribution is -2.26. The van der Waals surface area contributed by atoms with E-state index in [9.17, 15) is 14.0 Å². The van der Waals surface area contributed by atoms with Crippen LogP contribution in [0.2, 0.25) is 0 Å². The molecule has 6 heteroatoms. The molecule has 2 N–H and O–H groups in total. The van der Waals surface area contributed by atoms with Crippen molar-refractivity contribution in [3.05, 3.63) is 57.7 Å². The van der Waals surface area contributed by atoms with E-state index in [1.807, 2.05) is 0 Å². The predicted octanol–water partition coefficient (Wildman–Crippen LogP) is 4.95. The van der Waals surface area contributed by atoms with E-state index in [-0.39, 0.29) is 17.6 Å². The van der Waals surface area contributed by atoms with Crippen molar-refractivity contribution in [2.24, 2.45) is 0 Å². The van der Waals surface area contributed by atoms with Gasteiger partial charge in [0.1, 0.15) is 10.8 Å². The maximum absolute atomic E-state index is 13.0. The molecule has 0 fully saturated rings. The van der Waals surface area contributed by atoms with Gasteiger partial charge < -0.3 is 10.6 Å². The molecule has 0 bridgehead atoms. The van der Waals surface area contributed by atoms with Crippen LogP contribution in [0.5, 0.6) is 0 Å². The molecule has 0 atom stereocenters. The first-order chi connectivity index (χ1) is 13.6. The highest BCUT2D eigenvalue weighted by molar-refractivity contribution is 7.17. The fourth-order valence-electron chi connectivity index (χ4n) is 3.26. The summed E-state index contributed by atoms with van der Waals surface area (Å²) in [6, 6.07) is 5.92. The van der Waals surface area contributed by atoms with Crippen LogP contribution in [-0.2, 0) is 17.6 Å². The molecule has 1 aromatic carbocycles. The molecular formula is C22H25FN2O2S. The van der Waals surface area contributed by atoms with E-state index in [4.69, 9.17) is 0 Å². The zero-order valence-corrected chi connectivity index (χ0v) is 16.8. The number of rotatable bonds is 7. The topological polar surface area (TPSA) is 58.2 Å². The fraction of sp³-hybridized carbons (Fsp3) is 0.364. The molecule has 0 spiro atoms. The van der Waals surface area contributed by atoms with Crippen LogP contribution in [0, 0.1) is 5.82 Å². The van der Waals surface area contributed by atoms with E-state index in [1.165, 1.54) is 34.4 Å². The number of benzene rings is 1. The van der Waals surface area contributed by atoms with E-state index in [2.05, 4.69) is 17.6 Å². The fourth-order valence-corrected chi connectivity index (χ4v) is 4.55. The van der Waals surface area contributed by atoms with Gasteiger partial charge in [-0.1, -0.05) is 25.5 Å².